The normalized spacial score (nSPS) is 16.7. The molecule has 0 aliphatic carbocycles. The van der Waals surface area contributed by atoms with Gasteiger partial charge in [-0.05, 0) is 12.1 Å². The summed E-state index contributed by atoms with van der Waals surface area (Å²) in [5.74, 6) is 0.626. The van der Waals surface area contributed by atoms with Crippen LogP contribution in [0.15, 0.2) is 35.2 Å². The van der Waals surface area contributed by atoms with E-state index in [1.807, 2.05) is 29.6 Å². The highest BCUT2D eigenvalue weighted by molar-refractivity contribution is 7.07. The lowest BCUT2D eigenvalue weighted by Crippen LogP contribution is -2.45. The monoisotopic (exact) mass is 289 g/mol. The van der Waals surface area contributed by atoms with Gasteiger partial charge in [-0.3, -0.25) is 4.79 Å². The number of thiazole rings is 1. The zero-order valence-corrected chi connectivity index (χ0v) is 11.7. The molecule has 0 radical (unpaired) electrons. The van der Waals surface area contributed by atoms with Crippen molar-refractivity contribution in [3.8, 4) is 5.75 Å². The largest absolute Gasteiger partial charge is 0.477 e. The molecule has 0 saturated heterocycles. The van der Waals surface area contributed by atoms with Crippen molar-refractivity contribution in [3.63, 3.8) is 0 Å². The molecule has 0 fully saturated rings. The molecule has 1 aliphatic rings. The number of para-hydroxylation sites is 2. The van der Waals surface area contributed by atoms with Crippen molar-refractivity contribution in [1.29, 1.82) is 0 Å². The molecule has 2 aromatic rings. The van der Waals surface area contributed by atoms with Gasteiger partial charge in [0.2, 0.25) is 0 Å². The maximum atomic E-state index is 12.0. The first-order chi connectivity index (χ1) is 9.83. The van der Waals surface area contributed by atoms with E-state index in [2.05, 4.69) is 15.6 Å². The van der Waals surface area contributed by atoms with E-state index in [4.69, 9.17) is 4.74 Å². The highest BCUT2D eigenvalue weighted by atomic mass is 32.1. The second kappa shape index (κ2) is 5.92. The van der Waals surface area contributed by atoms with Crippen molar-refractivity contribution >= 4 is 22.9 Å². The third kappa shape index (κ3) is 2.91. The first-order valence-electron chi connectivity index (χ1n) is 6.47. The van der Waals surface area contributed by atoms with Crippen molar-refractivity contribution in [2.24, 2.45) is 0 Å². The summed E-state index contributed by atoms with van der Waals surface area (Å²) in [4.78, 5) is 16.2. The smallest absolute Gasteiger partial charge is 0.262 e. The minimum absolute atomic E-state index is 0.0952. The van der Waals surface area contributed by atoms with Gasteiger partial charge in [0.15, 0.2) is 6.10 Å². The molecule has 1 unspecified atom stereocenters. The van der Waals surface area contributed by atoms with E-state index >= 15 is 0 Å². The van der Waals surface area contributed by atoms with E-state index in [1.165, 1.54) is 0 Å². The van der Waals surface area contributed by atoms with Gasteiger partial charge in [-0.2, -0.15) is 0 Å². The fourth-order valence-electron chi connectivity index (χ4n) is 2.05. The zero-order chi connectivity index (χ0) is 13.8. The minimum Gasteiger partial charge on any atom is -0.477 e. The standard InChI is InChI=1S/C14H15N3O2S/c18-14(15-6-5-10-8-20-9-17-10)13-7-16-11-3-1-2-4-12(11)19-13/h1-4,8-9,13,16H,5-7H2,(H,15,18). The van der Waals surface area contributed by atoms with Crippen LogP contribution in [0.1, 0.15) is 5.69 Å². The Morgan fingerprint density at radius 1 is 1.50 bits per heavy atom. The number of nitrogens with zero attached hydrogens (tertiary/aromatic N) is 1. The van der Waals surface area contributed by atoms with Gasteiger partial charge in [-0.1, -0.05) is 12.1 Å². The Bertz CT molecular complexity index is 586. The summed E-state index contributed by atoms with van der Waals surface area (Å²) in [5.41, 5.74) is 3.73. The average Bonchev–Trinajstić information content (AvgIpc) is 3.00. The summed E-state index contributed by atoms with van der Waals surface area (Å²) < 4.78 is 5.69. The van der Waals surface area contributed by atoms with Crippen LogP contribution in [-0.2, 0) is 11.2 Å². The molecule has 1 aliphatic heterocycles. The van der Waals surface area contributed by atoms with Gasteiger partial charge in [0, 0.05) is 18.3 Å². The van der Waals surface area contributed by atoms with Crippen LogP contribution in [0.4, 0.5) is 5.69 Å². The molecular formula is C14H15N3O2S. The first-order valence-corrected chi connectivity index (χ1v) is 7.41. The Labute approximate surface area is 121 Å². The van der Waals surface area contributed by atoms with Gasteiger partial charge in [0.05, 0.1) is 23.4 Å². The molecule has 104 valence electrons. The van der Waals surface area contributed by atoms with E-state index in [-0.39, 0.29) is 5.91 Å². The molecule has 1 amide bonds. The van der Waals surface area contributed by atoms with Gasteiger partial charge in [0.25, 0.3) is 5.91 Å². The van der Waals surface area contributed by atoms with Crippen LogP contribution in [0.25, 0.3) is 0 Å². The van der Waals surface area contributed by atoms with Crippen LogP contribution in [0.3, 0.4) is 0 Å². The summed E-state index contributed by atoms with van der Waals surface area (Å²) in [6, 6.07) is 7.62. The number of aromatic nitrogens is 1. The number of hydrogen-bond donors (Lipinski definition) is 2. The Hall–Kier alpha value is -2.08. The summed E-state index contributed by atoms with van der Waals surface area (Å²) >= 11 is 1.56. The molecule has 2 N–H and O–H groups in total. The molecule has 1 aromatic carbocycles. The molecule has 20 heavy (non-hydrogen) atoms. The summed E-state index contributed by atoms with van der Waals surface area (Å²) in [6.07, 6.45) is 0.256. The van der Waals surface area contributed by atoms with Gasteiger partial charge in [0.1, 0.15) is 5.75 Å². The van der Waals surface area contributed by atoms with Gasteiger partial charge < -0.3 is 15.4 Å². The van der Waals surface area contributed by atoms with Crippen LogP contribution < -0.4 is 15.4 Å². The summed E-state index contributed by atoms with van der Waals surface area (Å²) in [7, 11) is 0. The number of anilines is 1. The highest BCUT2D eigenvalue weighted by Gasteiger charge is 2.25. The van der Waals surface area contributed by atoms with Crippen LogP contribution in [0, 0.1) is 0 Å². The number of carbonyl (C=O) groups excluding carboxylic acids is 1. The number of carbonyl (C=O) groups is 1. The number of benzene rings is 1. The quantitative estimate of drug-likeness (QED) is 0.899. The van der Waals surface area contributed by atoms with Crippen molar-refractivity contribution in [3.05, 3.63) is 40.8 Å². The maximum Gasteiger partial charge on any atom is 0.262 e. The third-order valence-corrected chi connectivity index (χ3v) is 3.73. The molecule has 0 bridgehead atoms. The molecule has 1 atom stereocenters. The Morgan fingerprint density at radius 3 is 3.25 bits per heavy atom. The van der Waals surface area contributed by atoms with Crippen LogP contribution in [0.2, 0.25) is 0 Å². The predicted molar refractivity (Wildman–Crippen MR) is 78.2 cm³/mol. The molecule has 2 heterocycles. The molecular weight excluding hydrogens is 274 g/mol. The van der Waals surface area contributed by atoms with Gasteiger partial charge in [-0.25, -0.2) is 4.98 Å². The number of fused-ring (bicyclic) bond motifs is 1. The van der Waals surface area contributed by atoms with Gasteiger partial charge >= 0.3 is 0 Å². The summed E-state index contributed by atoms with van der Waals surface area (Å²) in [6.45, 7) is 1.06. The number of rotatable bonds is 4. The van der Waals surface area contributed by atoms with E-state index in [1.54, 1.807) is 16.8 Å². The summed E-state index contributed by atoms with van der Waals surface area (Å²) in [5, 5.41) is 8.07. The number of amides is 1. The van der Waals surface area contributed by atoms with E-state index in [9.17, 15) is 4.79 Å². The fraction of sp³-hybridized carbons (Fsp3) is 0.286. The third-order valence-electron chi connectivity index (χ3n) is 3.09. The number of ether oxygens (including phenoxy) is 1. The second-order valence-corrected chi connectivity index (χ2v) is 5.22. The van der Waals surface area contributed by atoms with Crippen molar-refractivity contribution in [2.45, 2.75) is 12.5 Å². The fourth-order valence-corrected chi connectivity index (χ4v) is 2.64. The molecule has 6 heteroatoms. The predicted octanol–water partition coefficient (Wildman–Crippen LogP) is 1.67. The maximum absolute atomic E-state index is 12.0. The van der Waals surface area contributed by atoms with Crippen molar-refractivity contribution in [1.82, 2.24) is 10.3 Å². The lowest BCUT2D eigenvalue weighted by molar-refractivity contribution is -0.127. The van der Waals surface area contributed by atoms with E-state index < -0.39 is 6.10 Å². The van der Waals surface area contributed by atoms with E-state index in [0.717, 1.165) is 23.6 Å². The number of hydrogen-bond acceptors (Lipinski definition) is 5. The Balaban J connectivity index is 1.51. The van der Waals surface area contributed by atoms with Crippen LogP contribution >= 0.6 is 11.3 Å². The first kappa shape index (κ1) is 12.9. The molecule has 5 nitrogen and oxygen atoms in total. The van der Waals surface area contributed by atoms with Crippen molar-refractivity contribution < 1.29 is 9.53 Å². The average molecular weight is 289 g/mol. The molecule has 0 spiro atoms. The zero-order valence-electron chi connectivity index (χ0n) is 10.8. The van der Waals surface area contributed by atoms with Crippen LogP contribution in [0.5, 0.6) is 5.75 Å². The molecule has 1 aromatic heterocycles. The highest BCUT2D eigenvalue weighted by Crippen LogP contribution is 2.28. The van der Waals surface area contributed by atoms with Gasteiger partial charge in [-0.15, -0.1) is 11.3 Å². The van der Waals surface area contributed by atoms with E-state index in [0.29, 0.717) is 13.1 Å². The SMILES string of the molecule is O=C(NCCc1cscn1)C1CNc2ccccc2O1. The number of nitrogens with one attached hydrogen (secondary N) is 2. The lowest BCUT2D eigenvalue weighted by atomic mass is 10.2. The second-order valence-electron chi connectivity index (χ2n) is 4.50. The topological polar surface area (TPSA) is 63.2 Å². The Morgan fingerprint density at radius 2 is 2.40 bits per heavy atom. The molecule has 0 saturated carbocycles. The molecule has 3 rings (SSSR count). The van der Waals surface area contributed by atoms with Crippen LogP contribution in [-0.4, -0.2) is 30.1 Å². The van der Waals surface area contributed by atoms with Crippen molar-refractivity contribution in [2.75, 3.05) is 18.4 Å². The lowest BCUT2D eigenvalue weighted by Gasteiger charge is -2.26. The minimum atomic E-state index is -0.486. The Kier molecular flexibility index (Phi) is 3.83.